The molecule has 3 aromatic carbocycles. The summed E-state index contributed by atoms with van der Waals surface area (Å²) in [6, 6.07) is 17.8. The number of para-hydroxylation sites is 1. The smallest absolute Gasteiger partial charge is 0.266 e. The number of benzene rings is 3. The number of amides is 1. The topological polar surface area (TPSA) is 71.3 Å². The number of nitrogens with one attached hydrogen (secondary N) is 1. The van der Waals surface area contributed by atoms with Crippen LogP contribution in [0.25, 0.3) is 6.08 Å². The van der Waals surface area contributed by atoms with Gasteiger partial charge in [0.25, 0.3) is 5.91 Å². The quantitative estimate of drug-likeness (QED) is 0.326. The second-order valence-electron chi connectivity index (χ2n) is 6.52. The summed E-state index contributed by atoms with van der Waals surface area (Å²) in [6.07, 6.45) is 1.36. The summed E-state index contributed by atoms with van der Waals surface area (Å²) in [5.41, 5.74) is 1.02. The van der Waals surface area contributed by atoms with E-state index in [-0.39, 0.29) is 28.7 Å². The van der Waals surface area contributed by atoms with Gasteiger partial charge in [-0.2, -0.15) is 5.26 Å². The van der Waals surface area contributed by atoms with Crippen LogP contribution in [-0.4, -0.2) is 13.0 Å². The summed E-state index contributed by atoms with van der Waals surface area (Å²) >= 11 is 12.4. The lowest BCUT2D eigenvalue weighted by molar-refractivity contribution is -0.112. The largest absolute Gasteiger partial charge is 0.493 e. The normalized spacial score (nSPS) is 10.9. The van der Waals surface area contributed by atoms with Gasteiger partial charge in [-0.05, 0) is 42.0 Å². The van der Waals surface area contributed by atoms with E-state index in [0.29, 0.717) is 21.8 Å². The van der Waals surface area contributed by atoms with Gasteiger partial charge in [-0.25, -0.2) is 4.39 Å². The van der Waals surface area contributed by atoms with Gasteiger partial charge in [0.15, 0.2) is 11.5 Å². The summed E-state index contributed by atoms with van der Waals surface area (Å²) in [5.74, 6) is -0.543. The van der Waals surface area contributed by atoms with Crippen molar-refractivity contribution in [1.29, 1.82) is 5.26 Å². The van der Waals surface area contributed by atoms with Crippen LogP contribution in [-0.2, 0) is 11.4 Å². The highest BCUT2D eigenvalue weighted by Crippen LogP contribution is 2.37. The minimum atomic E-state index is -0.629. The number of nitriles is 1. The fourth-order valence-corrected chi connectivity index (χ4v) is 3.25. The Morgan fingerprint density at radius 2 is 1.84 bits per heavy atom. The second-order valence-corrected chi connectivity index (χ2v) is 7.33. The lowest BCUT2D eigenvalue weighted by Crippen LogP contribution is -2.13. The Balaban J connectivity index is 1.84. The van der Waals surface area contributed by atoms with E-state index in [1.165, 1.54) is 25.3 Å². The number of ether oxygens (including phenoxy) is 2. The fourth-order valence-electron chi connectivity index (χ4n) is 2.80. The number of nitrogens with zero attached hydrogens (tertiary/aromatic N) is 1. The van der Waals surface area contributed by atoms with Crippen molar-refractivity contribution < 1.29 is 18.7 Å². The van der Waals surface area contributed by atoms with E-state index >= 15 is 0 Å². The molecule has 0 heterocycles. The number of halogens is 3. The highest BCUT2D eigenvalue weighted by molar-refractivity contribution is 6.34. The zero-order valence-corrected chi connectivity index (χ0v) is 18.4. The van der Waals surface area contributed by atoms with E-state index in [1.54, 1.807) is 48.5 Å². The molecular weight excluding hydrogens is 454 g/mol. The zero-order chi connectivity index (χ0) is 23.1. The first-order valence-corrected chi connectivity index (χ1v) is 10.1. The number of carbonyl (C=O) groups is 1. The van der Waals surface area contributed by atoms with Crippen LogP contribution in [0.4, 0.5) is 10.1 Å². The third-order valence-electron chi connectivity index (χ3n) is 4.38. The Kier molecular flexibility index (Phi) is 7.72. The molecule has 0 spiro atoms. The lowest BCUT2D eigenvalue weighted by Gasteiger charge is -2.14. The molecule has 0 aromatic heterocycles. The number of carbonyl (C=O) groups excluding carboxylic acids is 1. The van der Waals surface area contributed by atoms with Crippen molar-refractivity contribution in [2.45, 2.75) is 6.61 Å². The number of rotatable bonds is 7. The highest BCUT2D eigenvalue weighted by atomic mass is 35.5. The van der Waals surface area contributed by atoms with Gasteiger partial charge in [0.1, 0.15) is 24.1 Å². The van der Waals surface area contributed by atoms with Gasteiger partial charge in [-0.1, -0.05) is 53.5 Å². The van der Waals surface area contributed by atoms with E-state index in [9.17, 15) is 14.4 Å². The molecular formula is C24H17Cl2FN2O3. The molecule has 0 radical (unpaired) electrons. The number of anilines is 1. The van der Waals surface area contributed by atoms with Crippen LogP contribution < -0.4 is 14.8 Å². The Labute approximate surface area is 194 Å². The monoisotopic (exact) mass is 470 g/mol. The lowest BCUT2D eigenvalue weighted by atomic mass is 10.1. The Hall–Kier alpha value is -3.53. The van der Waals surface area contributed by atoms with Crippen molar-refractivity contribution in [3.05, 3.63) is 93.2 Å². The van der Waals surface area contributed by atoms with E-state index in [4.69, 9.17) is 32.7 Å². The molecule has 5 nitrogen and oxygen atoms in total. The molecule has 0 aliphatic rings. The fraction of sp³-hybridized carbons (Fsp3) is 0.0833. The van der Waals surface area contributed by atoms with Crippen molar-refractivity contribution in [2.75, 3.05) is 12.4 Å². The molecule has 1 amide bonds. The average molecular weight is 471 g/mol. The van der Waals surface area contributed by atoms with Crippen molar-refractivity contribution in [2.24, 2.45) is 0 Å². The van der Waals surface area contributed by atoms with Crippen molar-refractivity contribution in [3.8, 4) is 17.6 Å². The van der Waals surface area contributed by atoms with Crippen LogP contribution in [0, 0.1) is 17.1 Å². The van der Waals surface area contributed by atoms with Gasteiger partial charge in [0.2, 0.25) is 0 Å². The molecule has 0 fully saturated rings. The summed E-state index contributed by atoms with van der Waals surface area (Å²) < 4.78 is 24.9. The van der Waals surface area contributed by atoms with Crippen molar-refractivity contribution in [1.82, 2.24) is 0 Å². The maximum atomic E-state index is 13.8. The average Bonchev–Trinajstić information content (AvgIpc) is 2.78. The summed E-state index contributed by atoms with van der Waals surface area (Å²) in [7, 11) is 1.42. The molecule has 0 aliphatic carbocycles. The molecule has 0 saturated carbocycles. The number of methoxy groups -OCH3 is 1. The minimum Gasteiger partial charge on any atom is -0.493 e. The molecule has 0 bridgehead atoms. The molecule has 162 valence electrons. The van der Waals surface area contributed by atoms with Crippen LogP contribution in [0.2, 0.25) is 10.0 Å². The van der Waals surface area contributed by atoms with Crippen LogP contribution in [0.3, 0.4) is 0 Å². The first-order valence-electron chi connectivity index (χ1n) is 9.34. The Morgan fingerprint density at radius 1 is 1.12 bits per heavy atom. The Morgan fingerprint density at radius 3 is 2.53 bits per heavy atom. The van der Waals surface area contributed by atoms with Crippen LogP contribution in [0.1, 0.15) is 11.1 Å². The standard InChI is InChI=1S/C24H17Cl2FN2O3/c1-31-22-12-15(10-17(13-28)24(30)29-21-9-5-3-7-18(21)25)11-19(26)23(22)32-14-16-6-2-4-8-20(16)27/h2-12H,14H2,1H3,(H,29,30)/b17-10+. The molecule has 0 aliphatic heterocycles. The van der Waals surface area contributed by atoms with Crippen molar-refractivity contribution in [3.63, 3.8) is 0 Å². The van der Waals surface area contributed by atoms with Crippen LogP contribution in [0.5, 0.6) is 11.5 Å². The SMILES string of the molecule is COc1cc(/C=C(\C#N)C(=O)Nc2ccccc2Cl)cc(Cl)c1OCc1ccccc1F. The number of hydrogen-bond acceptors (Lipinski definition) is 4. The highest BCUT2D eigenvalue weighted by Gasteiger charge is 2.15. The van der Waals surface area contributed by atoms with Crippen molar-refractivity contribution >= 4 is 40.9 Å². The van der Waals surface area contributed by atoms with Gasteiger partial charge < -0.3 is 14.8 Å². The molecule has 0 atom stereocenters. The van der Waals surface area contributed by atoms with Gasteiger partial charge in [-0.3, -0.25) is 4.79 Å². The maximum Gasteiger partial charge on any atom is 0.266 e. The summed E-state index contributed by atoms with van der Waals surface area (Å²) in [5, 5.41) is 12.6. The van der Waals surface area contributed by atoms with E-state index in [0.717, 1.165) is 0 Å². The first kappa shape index (κ1) is 23.1. The predicted octanol–water partition coefficient (Wildman–Crippen LogP) is 6.27. The van der Waals surface area contributed by atoms with E-state index in [2.05, 4.69) is 5.32 Å². The third kappa shape index (κ3) is 5.58. The van der Waals surface area contributed by atoms with Gasteiger partial charge in [0.05, 0.1) is 22.8 Å². The predicted molar refractivity (Wildman–Crippen MR) is 122 cm³/mol. The molecule has 8 heteroatoms. The van der Waals surface area contributed by atoms with E-state index < -0.39 is 11.7 Å². The maximum absolute atomic E-state index is 13.8. The number of hydrogen-bond donors (Lipinski definition) is 1. The summed E-state index contributed by atoms with van der Waals surface area (Å²) in [6.45, 7) is -0.0539. The van der Waals surface area contributed by atoms with Gasteiger partial charge >= 0.3 is 0 Å². The molecule has 1 N–H and O–H groups in total. The first-order chi connectivity index (χ1) is 15.4. The molecule has 32 heavy (non-hydrogen) atoms. The zero-order valence-electron chi connectivity index (χ0n) is 16.9. The third-order valence-corrected chi connectivity index (χ3v) is 4.99. The molecule has 3 aromatic rings. The second kappa shape index (κ2) is 10.7. The molecule has 0 unspecified atom stereocenters. The Bertz CT molecular complexity index is 1220. The molecule has 0 saturated heterocycles. The van der Waals surface area contributed by atoms with Gasteiger partial charge in [-0.15, -0.1) is 0 Å². The minimum absolute atomic E-state index is 0.0539. The molecule has 3 rings (SSSR count). The summed E-state index contributed by atoms with van der Waals surface area (Å²) in [4.78, 5) is 12.5. The van der Waals surface area contributed by atoms with E-state index in [1.807, 2.05) is 6.07 Å². The van der Waals surface area contributed by atoms with Gasteiger partial charge in [0, 0.05) is 5.56 Å². The van der Waals surface area contributed by atoms with Crippen LogP contribution >= 0.6 is 23.2 Å². The van der Waals surface area contributed by atoms with Crippen LogP contribution in [0.15, 0.2) is 66.2 Å².